The second kappa shape index (κ2) is 11.7. The summed E-state index contributed by atoms with van der Waals surface area (Å²) in [6.07, 6.45) is 0. The minimum atomic E-state index is -1.08. The Bertz CT molecular complexity index is 1090. The highest BCUT2D eigenvalue weighted by Crippen LogP contribution is 2.34. The Morgan fingerprint density at radius 2 is 1.89 bits per heavy atom. The van der Waals surface area contributed by atoms with Gasteiger partial charge in [0.2, 0.25) is 5.91 Å². The number of likely N-dealkylation sites (N-methyl/N-ethyl adjacent to an activating group) is 1. The Kier molecular flexibility index (Phi) is 8.75. The van der Waals surface area contributed by atoms with Crippen LogP contribution >= 0.6 is 0 Å². The number of ether oxygens (including phenoxy) is 2. The Morgan fingerprint density at radius 1 is 1.14 bits per heavy atom. The van der Waals surface area contributed by atoms with Crippen LogP contribution in [0.2, 0.25) is 0 Å². The predicted molar refractivity (Wildman–Crippen MR) is 126 cm³/mol. The van der Waals surface area contributed by atoms with Crippen LogP contribution in [0.4, 0.5) is 14.5 Å². The number of ketones is 1. The number of hydrogen-bond donors (Lipinski definition) is 1. The molecule has 2 aromatic carbocycles. The van der Waals surface area contributed by atoms with Gasteiger partial charge in [0, 0.05) is 24.7 Å². The molecule has 35 heavy (non-hydrogen) atoms. The number of rotatable bonds is 11. The highest BCUT2D eigenvalue weighted by atomic mass is 19.2. The van der Waals surface area contributed by atoms with Crippen LogP contribution in [-0.2, 0) is 9.59 Å². The van der Waals surface area contributed by atoms with E-state index >= 15 is 0 Å². The molecule has 2 amide bonds. The van der Waals surface area contributed by atoms with Gasteiger partial charge in [-0.05, 0) is 50.3 Å². The maximum absolute atomic E-state index is 13.4. The van der Waals surface area contributed by atoms with E-state index in [2.05, 4.69) is 10.2 Å². The van der Waals surface area contributed by atoms with Gasteiger partial charge in [-0.2, -0.15) is 0 Å². The van der Waals surface area contributed by atoms with E-state index in [9.17, 15) is 23.2 Å². The van der Waals surface area contributed by atoms with Gasteiger partial charge in [-0.3, -0.25) is 19.3 Å². The summed E-state index contributed by atoms with van der Waals surface area (Å²) in [6.45, 7) is 7.91. The lowest BCUT2D eigenvalue weighted by Gasteiger charge is -2.33. The molecule has 8 nitrogen and oxygen atoms in total. The molecule has 2 aromatic rings. The molecule has 1 aliphatic heterocycles. The van der Waals surface area contributed by atoms with Crippen LogP contribution in [0.5, 0.6) is 11.5 Å². The third kappa shape index (κ3) is 6.33. The number of carbonyl (C=O) groups is 3. The van der Waals surface area contributed by atoms with Crippen molar-refractivity contribution in [2.45, 2.75) is 26.8 Å². The molecule has 0 saturated carbocycles. The standard InChI is InChI=1S/C25H29F2N3O5/c1-4-29(5-2)11-10-28-25(33)16(3)30-21-12-17(6-9-23(21)35-15-24(30)32)22(31)14-34-18-7-8-19(26)20(27)13-18/h6-9,12-13,16H,4-5,10-11,14-15H2,1-3H3,(H,28,33)/t16-/m0/s1. The Labute approximate surface area is 202 Å². The van der Waals surface area contributed by atoms with Gasteiger partial charge in [0.05, 0.1) is 5.69 Å². The summed E-state index contributed by atoms with van der Waals surface area (Å²) >= 11 is 0. The summed E-state index contributed by atoms with van der Waals surface area (Å²) in [4.78, 5) is 41.6. The fraction of sp³-hybridized carbons (Fsp3) is 0.400. The van der Waals surface area contributed by atoms with Crippen LogP contribution in [0.1, 0.15) is 31.1 Å². The average Bonchev–Trinajstić information content (AvgIpc) is 2.86. The largest absolute Gasteiger partial charge is 0.485 e. The van der Waals surface area contributed by atoms with Gasteiger partial charge in [0.15, 0.2) is 30.6 Å². The first-order chi connectivity index (χ1) is 16.7. The molecule has 1 N–H and O–H groups in total. The number of carbonyl (C=O) groups excluding carboxylic acids is 3. The van der Waals surface area contributed by atoms with E-state index in [-0.39, 0.29) is 23.8 Å². The van der Waals surface area contributed by atoms with E-state index in [4.69, 9.17) is 9.47 Å². The van der Waals surface area contributed by atoms with Gasteiger partial charge in [-0.1, -0.05) is 13.8 Å². The van der Waals surface area contributed by atoms with Crippen LogP contribution in [0.3, 0.4) is 0 Å². The molecule has 1 atom stereocenters. The monoisotopic (exact) mass is 489 g/mol. The molecule has 1 aliphatic rings. The average molecular weight is 490 g/mol. The molecule has 188 valence electrons. The zero-order valence-corrected chi connectivity index (χ0v) is 20.0. The Balaban J connectivity index is 1.71. The topological polar surface area (TPSA) is 88.2 Å². The highest BCUT2D eigenvalue weighted by Gasteiger charge is 2.33. The molecule has 0 aliphatic carbocycles. The van der Waals surface area contributed by atoms with E-state index in [0.29, 0.717) is 24.5 Å². The Morgan fingerprint density at radius 3 is 2.57 bits per heavy atom. The zero-order valence-electron chi connectivity index (χ0n) is 20.0. The molecular formula is C25H29F2N3O5. The van der Waals surface area contributed by atoms with Crippen LogP contribution in [0.15, 0.2) is 36.4 Å². The van der Waals surface area contributed by atoms with Crippen molar-refractivity contribution in [1.29, 1.82) is 0 Å². The first kappa shape index (κ1) is 26.1. The lowest BCUT2D eigenvalue weighted by molar-refractivity contribution is -0.127. The molecule has 0 bridgehead atoms. The van der Waals surface area contributed by atoms with Gasteiger partial charge in [0.1, 0.15) is 17.5 Å². The van der Waals surface area contributed by atoms with Gasteiger partial charge >= 0.3 is 0 Å². The summed E-state index contributed by atoms with van der Waals surface area (Å²) in [5.41, 5.74) is 0.509. The Hall–Kier alpha value is -3.53. The lowest BCUT2D eigenvalue weighted by atomic mass is 10.1. The van der Waals surface area contributed by atoms with E-state index in [0.717, 1.165) is 25.2 Å². The molecule has 0 radical (unpaired) electrons. The highest BCUT2D eigenvalue weighted by molar-refractivity contribution is 6.05. The second-order valence-electron chi connectivity index (χ2n) is 8.02. The molecular weight excluding hydrogens is 460 g/mol. The normalized spacial score (nSPS) is 13.8. The minimum absolute atomic E-state index is 0.00496. The predicted octanol–water partition coefficient (Wildman–Crippen LogP) is 2.80. The molecule has 0 spiro atoms. The van der Waals surface area contributed by atoms with E-state index in [1.54, 1.807) is 13.0 Å². The van der Waals surface area contributed by atoms with Crippen LogP contribution < -0.4 is 19.7 Å². The van der Waals surface area contributed by atoms with E-state index in [1.807, 2.05) is 13.8 Å². The number of hydrogen-bond acceptors (Lipinski definition) is 6. The van der Waals surface area contributed by atoms with Gasteiger partial charge in [-0.15, -0.1) is 0 Å². The third-order valence-corrected chi connectivity index (χ3v) is 5.81. The van der Waals surface area contributed by atoms with Crippen LogP contribution in [0.25, 0.3) is 0 Å². The quantitative estimate of drug-likeness (QED) is 0.489. The van der Waals surface area contributed by atoms with E-state index in [1.165, 1.54) is 23.1 Å². The number of nitrogens with one attached hydrogen (secondary N) is 1. The van der Waals surface area contributed by atoms with Crippen molar-refractivity contribution < 1.29 is 32.6 Å². The van der Waals surface area contributed by atoms with Crippen molar-refractivity contribution in [3.05, 3.63) is 53.6 Å². The van der Waals surface area contributed by atoms with Crippen molar-refractivity contribution in [3.8, 4) is 11.5 Å². The summed E-state index contributed by atoms with van der Waals surface area (Å²) < 4.78 is 37.2. The zero-order chi connectivity index (χ0) is 25.5. The summed E-state index contributed by atoms with van der Waals surface area (Å²) in [7, 11) is 0. The number of anilines is 1. The third-order valence-electron chi connectivity index (χ3n) is 5.81. The SMILES string of the molecule is CCN(CC)CCNC(=O)[C@H](C)N1C(=O)COc2ccc(C(=O)COc3ccc(F)c(F)c3)cc21. The van der Waals surface area contributed by atoms with Crippen molar-refractivity contribution >= 4 is 23.3 Å². The number of benzene rings is 2. The second-order valence-corrected chi connectivity index (χ2v) is 8.02. The maximum Gasteiger partial charge on any atom is 0.265 e. The first-order valence-corrected chi connectivity index (χ1v) is 11.4. The maximum atomic E-state index is 13.4. The van der Waals surface area contributed by atoms with Crippen molar-refractivity contribution in [2.75, 3.05) is 44.3 Å². The number of Topliss-reactive ketones (excluding diaryl/α,β-unsaturated/α-hetero) is 1. The molecule has 3 rings (SSSR count). The molecule has 0 aromatic heterocycles. The van der Waals surface area contributed by atoms with Crippen molar-refractivity contribution in [2.24, 2.45) is 0 Å². The molecule has 0 fully saturated rings. The summed E-state index contributed by atoms with van der Waals surface area (Å²) in [5.74, 6) is -2.92. The van der Waals surface area contributed by atoms with E-state index < -0.39 is 36.0 Å². The summed E-state index contributed by atoms with van der Waals surface area (Å²) in [6, 6.07) is 6.66. The molecule has 10 heteroatoms. The van der Waals surface area contributed by atoms with Crippen LogP contribution in [-0.4, -0.2) is 67.9 Å². The molecule has 0 unspecified atom stereocenters. The summed E-state index contributed by atoms with van der Waals surface area (Å²) in [5, 5.41) is 2.85. The number of halogens is 2. The molecule has 0 saturated heterocycles. The fourth-order valence-corrected chi connectivity index (χ4v) is 3.71. The van der Waals surface area contributed by atoms with Crippen molar-refractivity contribution in [3.63, 3.8) is 0 Å². The van der Waals surface area contributed by atoms with Gasteiger partial charge in [0.25, 0.3) is 5.91 Å². The smallest absolute Gasteiger partial charge is 0.265 e. The minimum Gasteiger partial charge on any atom is -0.485 e. The van der Waals surface area contributed by atoms with Crippen molar-refractivity contribution in [1.82, 2.24) is 10.2 Å². The number of nitrogens with zero attached hydrogens (tertiary/aromatic N) is 2. The number of fused-ring (bicyclic) bond motifs is 1. The fourth-order valence-electron chi connectivity index (χ4n) is 3.71. The number of amides is 2. The van der Waals surface area contributed by atoms with Gasteiger partial charge < -0.3 is 19.7 Å². The lowest BCUT2D eigenvalue weighted by Crippen LogP contribution is -2.52. The first-order valence-electron chi connectivity index (χ1n) is 11.4. The molecule has 1 heterocycles. The van der Waals surface area contributed by atoms with Gasteiger partial charge in [-0.25, -0.2) is 8.78 Å². The van der Waals surface area contributed by atoms with Crippen LogP contribution in [0, 0.1) is 11.6 Å².